The number of amides is 1. The molecule has 0 aromatic carbocycles. The molecule has 2 aliphatic heterocycles. The molecule has 96 valence electrons. The minimum Gasteiger partial charge on any atom is -0.355 e. The third-order valence-electron chi connectivity index (χ3n) is 3.85. The Labute approximate surface area is 103 Å². The number of likely N-dealkylation sites (tertiary alicyclic amines) is 1. The molecule has 1 N–H and O–H groups in total. The molecule has 2 rings (SSSR count). The lowest BCUT2D eigenvalue weighted by Gasteiger charge is -2.30. The molecule has 4 nitrogen and oxygen atoms in total. The fraction of sp³-hybridized carbons (Fsp3) is 0.846. The Morgan fingerprint density at radius 2 is 2.18 bits per heavy atom. The lowest BCUT2D eigenvalue weighted by Crippen LogP contribution is -2.48. The van der Waals surface area contributed by atoms with Gasteiger partial charge in [0.05, 0.1) is 6.04 Å². The molecular weight excluding hydrogens is 216 g/mol. The highest BCUT2D eigenvalue weighted by Gasteiger charge is 2.35. The van der Waals surface area contributed by atoms with Gasteiger partial charge in [0.2, 0.25) is 5.91 Å². The molecule has 2 saturated heterocycles. The summed E-state index contributed by atoms with van der Waals surface area (Å²) in [6, 6.07) is 0.297. The Morgan fingerprint density at radius 1 is 1.35 bits per heavy atom. The standard InChI is InChI=1S/C13H22N2O2/c1-10(16)9-11-5-4-8-15(11)12-6-2-3-7-14-13(12)17/h11-12H,2-9H2,1H3,(H,14,17). The maximum Gasteiger partial charge on any atom is 0.237 e. The van der Waals surface area contributed by atoms with E-state index in [9.17, 15) is 9.59 Å². The van der Waals surface area contributed by atoms with Crippen LogP contribution < -0.4 is 5.32 Å². The summed E-state index contributed by atoms with van der Waals surface area (Å²) in [5, 5.41) is 2.98. The van der Waals surface area contributed by atoms with E-state index in [0.717, 1.165) is 45.2 Å². The number of nitrogens with one attached hydrogen (secondary N) is 1. The van der Waals surface area contributed by atoms with Crippen molar-refractivity contribution in [3.63, 3.8) is 0 Å². The van der Waals surface area contributed by atoms with Crippen molar-refractivity contribution in [1.29, 1.82) is 0 Å². The molecule has 4 heteroatoms. The SMILES string of the molecule is CC(=O)CC1CCCN1C1CCCCNC1=O. The molecule has 0 bridgehead atoms. The number of rotatable bonds is 3. The maximum absolute atomic E-state index is 12.0. The number of nitrogens with zero attached hydrogens (tertiary/aromatic N) is 1. The van der Waals surface area contributed by atoms with E-state index in [0.29, 0.717) is 12.5 Å². The smallest absolute Gasteiger partial charge is 0.237 e. The van der Waals surface area contributed by atoms with Crippen LogP contribution in [0.15, 0.2) is 0 Å². The lowest BCUT2D eigenvalue weighted by atomic mass is 10.0. The molecule has 0 radical (unpaired) electrons. The number of Topliss-reactive ketones (excluding diaryl/α,β-unsaturated/α-hetero) is 1. The molecule has 0 aromatic rings. The zero-order chi connectivity index (χ0) is 12.3. The van der Waals surface area contributed by atoms with E-state index in [2.05, 4.69) is 10.2 Å². The second-order valence-electron chi connectivity index (χ2n) is 5.24. The van der Waals surface area contributed by atoms with Crippen LogP contribution in [0, 0.1) is 0 Å². The number of carbonyl (C=O) groups excluding carboxylic acids is 2. The van der Waals surface area contributed by atoms with Crippen molar-refractivity contribution in [2.45, 2.75) is 57.5 Å². The van der Waals surface area contributed by atoms with Gasteiger partial charge in [-0.3, -0.25) is 14.5 Å². The number of ketones is 1. The van der Waals surface area contributed by atoms with Crippen molar-refractivity contribution in [2.24, 2.45) is 0 Å². The van der Waals surface area contributed by atoms with Crippen LogP contribution in [-0.4, -0.2) is 41.8 Å². The van der Waals surface area contributed by atoms with E-state index in [-0.39, 0.29) is 17.7 Å². The van der Waals surface area contributed by atoms with E-state index in [1.807, 2.05) is 0 Å². The van der Waals surface area contributed by atoms with Crippen LogP contribution in [0.2, 0.25) is 0 Å². The first kappa shape index (κ1) is 12.6. The summed E-state index contributed by atoms with van der Waals surface area (Å²) in [5.41, 5.74) is 0. The van der Waals surface area contributed by atoms with Gasteiger partial charge in [0.15, 0.2) is 0 Å². The summed E-state index contributed by atoms with van der Waals surface area (Å²) >= 11 is 0. The number of hydrogen-bond acceptors (Lipinski definition) is 3. The van der Waals surface area contributed by atoms with E-state index in [1.165, 1.54) is 0 Å². The van der Waals surface area contributed by atoms with Gasteiger partial charge in [-0.1, -0.05) is 0 Å². The third-order valence-corrected chi connectivity index (χ3v) is 3.85. The van der Waals surface area contributed by atoms with Gasteiger partial charge in [0, 0.05) is 19.0 Å². The van der Waals surface area contributed by atoms with E-state index in [1.54, 1.807) is 6.92 Å². The average molecular weight is 238 g/mol. The van der Waals surface area contributed by atoms with Crippen LogP contribution in [-0.2, 0) is 9.59 Å². The van der Waals surface area contributed by atoms with Gasteiger partial charge >= 0.3 is 0 Å². The third kappa shape index (κ3) is 3.06. The van der Waals surface area contributed by atoms with Gasteiger partial charge in [0.1, 0.15) is 5.78 Å². The monoisotopic (exact) mass is 238 g/mol. The summed E-state index contributed by atoms with van der Waals surface area (Å²) in [6.45, 7) is 3.42. The summed E-state index contributed by atoms with van der Waals surface area (Å²) in [6.07, 6.45) is 5.90. The fourth-order valence-corrected chi connectivity index (χ4v) is 3.06. The molecule has 2 heterocycles. The molecule has 2 aliphatic rings. The van der Waals surface area contributed by atoms with Gasteiger partial charge in [-0.05, 0) is 45.6 Å². The summed E-state index contributed by atoms with van der Waals surface area (Å²) in [7, 11) is 0. The molecule has 2 fully saturated rings. The molecule has 17 heavy (non-hydrogen) atoms. The van der Waals surface area contributed by atoms with Crippen molar-refractivity contribution >= 4 is 11.7 Å². The van der Waals surface area contributed by atoms with Crippen molar-refractivity contribution in [3.05, 3.63) is 0 Å². The van der Waals surface area contributed by atoms with Crippen molar-refractivity contribution in [3.8, 4) is 0 Å². The largest absolute Gasteiger partial charge is 0.355 e. The van der Waals surface area contributed by atoms with Crippen LogP contribution in [0.5, 0.6) is 0 Å². The van der Waals surface area contributed by atoms with Gasteiger partial charge in [-0.25, -0.2) is 0 Å². The topological polar surface area (TPSA) is 49.4 Å². The molecular formula is C13H22N2O2. The second kappa shape index (κ2) is 5.63. The van der Waals surface area contributed by atoms with Crippen LogP contribution in [0.25, 0.3) is 0 Å². The minimum atomic E-state index is 0.00403. The van der Waals surface area contributed by atoms with Crippen molar-refractivity contribution < 1.29 is 9.59 Å². The molecule has 0 aliphatic carbocycles. The van der Waals surface area contributed by atoms with E-state index in [4.69, 9.17) is 0 Å². The average Bonchev–Trinajstić information content (AvgIpc) is 2.59. The quantitative estimate of drug-likeness (QED) is 0.801. The fourth-order valence-electron chi connectivity index (χ4n) is 3.06. The van der Waals surface area contributed by atoms with Gasteiger partial charge in [-0.2, -0.15) is 0 Å². The zero-order valence-electron chi connectivity index (χ0n) is 10.6. The Hall–Kier alpha value is -0.900. The lowest BCUT2D eigenvalue weighted by molar-refractivity contribution is -0.127. The van der Waals surface area contributed by atoms with Crippen molar-refractivity contribution in [1.82, 2.24) is 10.2 Å². The molecule has 0 aromatic heterocycles. The van der Waals surface area contributed by atoms with Crippen molar-refractivity contribution in [2.75, 3.05) is 13.1 Å². The zero-order valence-corrected chi connectivity index (χ0v) is 10.6. The molecule has 0 spiro atoms. The number of carbonyl (C=O) groups is 2. The highest BCUT2D eigenvalue weighted by molar-refractivity contribution is 5.82. The predicted molar refractivity (Wildman–Crippen MR) is 65.7 cm³/mol. The first-order valence-electron chi connectivity index (χ1n) is 6.71. The first-order chi connectivity index (χ1) is 8.18. The van der Waals surface area contributed by atoms with Gasteiger partial charge in [0.25, 0.3) is 0 Å². The Bertz CT molecular complexity index is 304. The molecule has 2 atom stereocenters. The van der Waals surface area contributed by atoms with E-state index >= 15 is 0 Å². The van der Waals surface area contributed by atoms with E-state index < -0.39 is 0 Å². The van der Waals surface area contributed by atoms with Crippen LogP contribution in [0.3, 0.4) is 0 Å². The Kier molecular flexibility index (Phi) is 4.15. The van der Waals surface area contributed by atoms with Gasteiger partial charge < -0.3 is 5.32 Å². The normalized spacial score (nSPS) is 31.0. The highest BCUT2D eigenvalue weighted by atomic mass is 16.2. The first-order valence-corrected chi connectivity index (χ1v) is 6.71. The van der Waals surface area contributed by atoms with Crippen LogP contribution in [0.1, 0.15) is 45.4 Å². The Balaban J connectivity index is 2.03. The minimum absolute atomic E-state index is 0.00403. The van der Waals surface area contributed by atoms with Crippen LogP contribution >= 0.6 is 0 Å². The maximum atomic E-state index is 12.0. The summed E-state index contributed by atoms with van der Waals surface area (Å²) in [4.78, 5) is 25.5. The highest BCUT2D eigenvalue weighted by Crippen LogP contribution is 2.26. The molecule has 0 saturated carbocycles. The predicted octanol–water partition coefficient (Wildman–Crippen LogP) is 1.10. The summed E-state index contributed by atoms with van der Waals surface area (Å²) in [5.74, 6) is 0.397. The van der Waals surface area contributed by atoms with Gasteiger partial charge in [-0.15, -0.1) is 0 Å². The second-order valence-corrected chi connectivity index (χ2v) is 5.24. The Morgan fingerprint density at radius 3 is 2.94 bits per heavy atom. The number of hydrogen-bond donors (Lipinski definition) is 1. The molecule has 1 amide bonds. The van der Waals surface area contributed by atoms with Crippen LogP contribution in [0.4, 0.5) is 0 Å². The summed E-state index contributed by atoms with van der Waals surface area (Å²) < 4.78 is 0. The molecule has 2 unspecified atom stereocenters.